The van der Waals surface area contributed by atoms with Crippen LogP contribution in [0, 0.1) is 0 Å². The van der Waals surface area contributed by atoms with E-state index in [-0.39, 0.29) is 18.3 Å². The molecule has 0 spiro atoms. The highest BCUT2D eigenvalue weighted by molar-refractivity contribution is 7.00. The second-order valence-corrected chi connectivity index (χ2v) is 12.0. The molecular weight excluding hydrogens is 364 g/mol. The van der Waals surface area contributed by atoms with Crippen molar-refractivity contribution in [2.75, 3.05) is 13.2 Å². The van der Waals surface area contributed by atoms with Gasteiger partial charge < -0.3 is 14.3 Å². The fourth-order valence-corrected chi connectivity index (χ4v) is 8.01. The first-order valence-corrected chi connectivity index (χ1v) is 11.5. The van der Waals surface area contributed by atoms with Crippen molar-refractivity contribution in [1.29, 1.82) is 0 Å². The number of aliphatic hydroxyl groups is 1. The molecule has 3 nitrogen and oxygen atoms in total. The number of ether oxygens (including phenoxy) is 1. The number of benzene rings is 3. The standard InChI is InChI=1S/C24H28O3Si/c1-24(2,3)28(22-10-6-4-7-11-22,23-12-8-5-9-13-23)27-21-16-14-20(15-17-21)26-19-18-25/h4-17,25H,18-19H2,1-3H3. The summed E-state index contributed by atoms with van der Waals surface area (Å²) >= 11 is 0. The first kappa shape index (κ1) is 20.2. The Morgan fingerprint density at radius 2 is 1.18 bits per heavy atom. The second kappa shape index (κ2) is 8.63. The largest absolute Gasteiger partial charge is 0.534 e. The van der Waals surface area contributed by atoms with Crippen molar-refractivity contribution in [1.82, 2.24) is 0 Å². The molecule has 3 aromatic rings. The highest BCUT2D eigenvalue weighted by Gasteiger charge is 2.52. The first-order valence-electron chi connectivity index (χ1n) is 9.61. The lowest BCUT2D eigenvalue weighted by Gasteiger charge is -2.43. The van der Waals surface area contributed by atoms with Crippen LogP contribution in [0.25, 0.3) is 0 Å². The van der Waals surface area contributed by atoms with Crippen LogP contribution in [0.5, 0.6) is 11.5 Å². The molecule has 28 heavy (non-hydrogen) atoms. The molecule has 1 N–H and O–H groups in total. The first-order chi connectivity index (χ1) is 13.5. The molecule has 0 fully saturated rings. The molecule has 0 aromatic heterocycles. The molecule has 0 unspecified atom stereocenters. The van der Waals surface area contributed by atoms with Gasteiger partial charge in [-0.1, -0.05) is 81.4 Å². The summed E-state index contributed by atoms with van der Waals surface area (Å²) in [6.45, 7) is 7.07. The van der Waals surface area contributed by atoms with Crippen molar-refractivity contribution < 1.29 is 14.3 Å². The molecule has 146 valence electrons. The van der Waals surface area contributed by atoms with Gasteiger partial charge >= 0.3 is 8.32 Å². The highest BCUT2D eigenvalue weighted by atomic mass is 28.4. The van der Waals surface area contributed by atoms with Gasteiger partial charge in [-0.15, -0.1) is 0 Å². The molecule has 0 aliphatic rings. The summed E-state index contributed by atoms with van der Waals surface area (Å²) in [7, 11) is -2.61. The normalized spacial score (nSPS) is 11.9. The van der Waals surface area contributed by atoms with Crippen LogP contribution in [0.15, 0.2) is 84.9 Å². The molecule has 0 amide bonds. The Hall–Kier alpha value is -2.56. The van der Waals surface area contributed by atoms with Gasteiger partial charge in [-0.25, -0.2) is 0 Å². The lowest BCUT2D eigenvalue weighted by molar-refractivity contribution is 0.201. The van der Waals surface area contributed by atoms with Gasteiger partial charge in [0.2, 0.25) is 0 Å². The van der Waals surface area contributed by atoms with E-state index in [1.807, 2.05) is 36.4 Å². The smallest absolute Gasteiger partial charge is 0.319 e. The maximum Gasteiger partial charge on any atom is 0.319 e. The van der Waals surface area contributed by atoms with Crippen LogP contribution in [0.3, 0.4) is 0 Å². The summed E-state index contributed by atoms with van der Waals surface area (Å²) in [6.07, 6.45) is 0. The maximum absolute atomic E-state index is 8.93. The van der Waals surface area contributed by atoms with Crippen molar-refractivity contribution in [2.24, 2.45) is 0 Å². The SMILES string of the molecule is CC(C)(C)[Si](Oc1ccc(OCCO)cc1)(c1ccccc1)c1ccccc1. The quantitative estimate of drug-likeness (QED) is 0.618. The van der Waals surface area contributed by atoms with Crippen LogP contribution in [-0.2, 0) is 0 Å². The van der Waals surface area contributed by atoms with Crippen molar-refractivity contribution in [3.05, 3.63) is 84.9 Å². The van der Waals surface area contributed by atoms with Crippen LogP contribution in [-0.4, -0.2) is 26.6 Å². The van der Waals surface area contributed by atoms with E-state index in [9.17, 15) is 0 Å². The molecule has 3 rings (SSSR count). The Bertz CT molecular complexity index is 816. The highest BCUT2D eigenvalue weighted by Crippen LogP contribution is 2.37. The van der Waals surface area contributed by atoms with E-state index in [0.717, 1.165) is 11.5 Å². The lowest BCUT2D eigenvalue weighted by Crippen LogP contribution is -2.68. The Labute approximate surface area is 168 Å². The van der Waals surface area contributed by atoms with E-state index in [1.165, 1.54) is 10.4 Å². The number of hydrogen-bond acceptors (Lipinski definition) is 3. The molecule has 3 aromatic carbocycles. The average molecular weight is 393 g/mol. The average Bonchev–Trinajstić information content (AvgIpc) is 2.72. The summed E-state index contributed by atoms with van der Waals surface area (Å²) < 4.78 is 12.4. The minimum atomic E-state index is -2.61. The van der Waals surface area contributed by atoms with Crippen molar-refractivity contribution in [3.63, 3.8) is 0 Å². The monoisotopic (exact) mass is 392 g/mol. The zero-order valence-corrected chi connectivity index (χ0v) is 17.8. The predicted octanol–water partition coefficient (Wildman–Crippen LogP) is 4.00. The van der Waals surface area contributed by atoms with Crippen LogP contribution < -0.4 is 19.5 Å². The molecule has 0 atom stereocenters. The van der Waals surface area contributed by atoms with Crippen LogP contribution in [0.2, 0.25) is 5.04 Å². The van der Waals surface area contributed by atoms with E-state index in [2.05, 4.69) is 69.3 Å². The minimum Gasteiger partial charge on any atom is -0.534 e. The summed E-state index contributed by atoms with van der Waals surface area (Å²) in [6, 6.07) is 28.8. The Balaban J connectivity index is 2.08. The molecule has 0 aliphatic carbocycles. The molecular formula is C24H28O3Si. The number of hydrogen-bond donors (Lipinski definition) is 1. The topological polar surface area (TPSA) is 38.7 Å². The zero-order valence-electron chi connectivity index (χ0n) is 16.8. The van der Waals surface area contributed by atoms with Crippen LogP contribution in [0.1, 0.15) is 20.8 Å². The van der Waals surface area contributed by atoms with Crippen molar-refractivity contribution in [2.45, 2.75) is 25.8 Å². The summed E-state index contributed by atoms with van der Waals surface area (Å²) in [5.74, 6) is 1.55. The van der Waals surface area contributed by atoms with E-state index >= 15 is 0 Å². The van der Waals surface area contributed by atoms with Gasteiger partial charge in [-0.3, -0.25) is 0 Å². The third-order valence-corrected chi connectivity index (χ3v) is 9.82. The Kier molecular flexibility index (Phi) is 6.22. The Morgan fingerprint density at radius 1 is 0.714 bits per heavy atom. The molecule has 4 heteroatoms. The minimum absolute atomic E-state index is 0.000312. The molecule has 0 aliphatic heterocycles. The van der Waals surface area contributed by atoms with Crippen molar-refractivity contribution in [3.8, 4) is 11.5 Å². The van der Waals surface area contributed by atoms with E-state index in [0.29, 0.717) is 0 Å². The molecule has 0 heterocycles. The van der Waals surface area contributed by atoms with E-state index in [4.69, 9.17) is 14.3 Å². The van der Waals surface area contributed by atoms with Crippen molar-refractivity contribution >= 4 is 18.7 Å². The van der Waals surface area contributed by atoms with Gasteiger partial charge in [-0.05, 0) is 39.7 Å². The third kappa shape index (κ3) is 4.13. The zero-order chi connectivity index (χ0) is 20.0. The van der Waals surface area contributed by atoms with Gasteiger partial charge in [0.25, 0.3) is 0 Å². The number of aliphatic hydroxyl groups excluding tert-OH is 1. The van der Waals surface area contributed by atoms with Crippen LogP contribution in [0.4, 0.5) is 0 Å². The number of rotatable bonds is 7. The molecule has 0 saturated carbocycles. The fourth-order valence-electron chi connectivity index (χ4n) is 3.59. The predicted molar refractivity (Wildman–Crippen MR) is 117 cm³/mol. The van der Waals surface area contributed by atoms with E-state index < -0.39 is 8.32 Å². The maximum atomic E-state index is 8.93. The summed E-state index contributed by atoms with van der Waals surface area (Å²) in [4.78, 5) is 0. The van der Waals surface area contributed by atoms with E-state index in [1.54, 1.807) is 0 Å². The molecule has 0 bridgehead atoms. The molecule has 0 saturated heterocycles. The van der Waals surface area contributed by atoms with Gasteiger partial charge in [0.15, 0.2) is 0 Å². The van der Waals surface area contributed by atoms with Crippen LogP contribution >= 0.6 is 0 Å². The fraction of sp³-hybridized carbons (Fsp3) is 0.250. The molecule has 0 radical (unpaired) electrons. The second-order valence-electron chi connectivity index (χ2n) is 7.81. The van der Waals surface area contributed by atoms with Gasteiger partial charge in [0.05, 0.1) is 6.61 Å². The lowest BCUT2D eigenvalue weighted by atomic mass is 10.2. The third-order valence-electron chi connectivity index (χ3n) is 4.87. The summed E-state index contributed by atoms with van der Waals surface area (Å²) in [5.41, 5.74) is 0. The van der Waals surface area contributed by atoms with Gasteiger partial charge in [-0.2, -0.15) is 0 Å². The van der Waals surface area contributed by atoms with Gasteiger partial charge in [0.1, 0.15) is 18.1 Å². The van der Waals surface area contributed by atoms with Gasteiger partial charge in [0, 0.05) is 0 Å². The summed E-state index contributed by atoms with van der Waals surface area (Å²) in [5, 5.41) is 11.3. The Morgan fingerprint density at radius 3 is 1.61 bits per heavy atom.